The molecular weight excluding hydrogens is 251 g/mol. The van der Waals surface area contributed by atoms with E-state index in [1.165, 1.54) is 0 Å². The zero-order valence-corrected chi connectivity index (χ0v) is 10.4. The number of benzene rings is 1. The summed E-state index contributed by atoms with van der Waals surface area (Å²) >= 11 is 13.7. The summed E-state index contributed by atoms with van der Waals surface area (Å²) < 4.78 is 0. The fourth-order valence-corrected chi connectivity index (χ4v) is 3.53. The molecule has 1 heterocycles. The molecule has 0 spiro atoms. The van der Waals surface area contributed by atoms with Gasteiger partial charge in [-0.3, -0.25) is 0 Å². The monoisotopic (exact) mass is 262 g/mol. The Hall–Kier alpha value is 0.110. The molecule has 15 heavy (non-hydrogen) atoms. The second-order valence-electron chi connectivity index (χ2n) is 3.80. The number of halogens is 2. The summed E-state index contributed by atoms with van der Waals surface area (Å²) in [5, 5.41) is 11.1. The molecule has 1 aliphatic heterocycles. The lowest BCUT2D eigenvalue weighted by atomic mass is 9.97. The molecule has 1 nitrogen and oxygen atoms in total. The molecule has 0 amide bonds. The van der Waals surface area contributed by atoms with Gasteiger partial charge in [-0.25, -0.2) is 0 Å². The van der Waals surface area contributed by atoms with Crippen LogP contribution in [0.2, 0.25) is 10.0 Å². The number of aliphatic hydroxyl groups is 1. The van der Waals surface area contributed by atoms with Gasteiger partial charge in [0.25, 0.3) is 0 Å². The zero-order chi connectivity index (χ0) is 10.8. The maximum atomic E-state index is 9.71. The van der Waals surface area contributed by atoms with E-state index in [9.17, 15) is 5.11 Å². The molecular formula is C11H12Cl2OS. The molecule has 0 saturated carbocycles. The summed E-state index contributed by atoms with van der Waals surface area (Å²) in [4.78, 5) is 0. The van der Waals surface area contributed by atoms with E-state index in [4.69, 9.17) is 23.2 Å². The SMILES string of the molecule is OC1CSCC1Cc1ccc(Cl)cc1Cl. The van der Waals surface area contributed by atoms with Crippen LogP contribution in [0.3, 0.4) is 0 Å². The molecule has 1 saturated heterocycles. The molecule has 1 aromatic rings. The van der Waals surface area contributed by atoms with Crippen LogP contribution >= 0.6 is 35.0 Å². The number of thioether (sulfide) groups is 1. The van der Waals surface area contributed by atoms with Gasteiger partial charge in [0.2, 0.25) is 0 Å². The molecule has 0 radical (unpaired) electrons. The second-order valence-corrected chi connectivity index (χ2v) is 5.72. The van der Waals surface area contributed by atoms with Crippen LogP contribution in [0.15, 0.2) is 18.2 Å². The number of rotatable bonds is 2. The lowest BCUT2D eigenvalue weighted by Gasteiger charge is -2.14. The van der Waals surface area contributed by atoms with Crippen LogP contribution < -0.4 is 0 Å². The van der Waals surface area contributed by atoms with E-state index < -0.39 is 0 Å². The first-order chi connectivity index (χ1) is 7.16. The predicted molar refractivity (Wildman–Crippen MR) is 67.0 cm³/mol. The van der Waals surface area contributed by atoms with Crippen molar-refractivity contribution in [2.24, 2.45) is 5.92 Å². The number of aliphatic hydroxyl groups excluding tert-OH is 1. The van der Waals surface area contributed by atoms with E-state index in [1.807, 2.05) is 12.1 Å². The molecule has 2 rings (SSSR count). The Balaban J connectivity index is 2.10. The van der Waals surface area contributed by atoms with Gasteiger partial charge in [0, 0.05) is 15.8 Å². The van der Waals surface area contributed by atoms with Crippen LogP contribution in [0.1, 0.15) is 5.56 Å². The highest BCUT2D eigenvalue weighted by molar-refractivity contribution is 7.99. The Kier molecular flexibility index (Phi) is 3.83. The van der Waals surface area contributed by atoms with Crippen molar-refractivity contribution in [1.29, 1.82) is 0 Å². The Morgan fingerprint density at radius 3 is 2.73 bits per heavy atom. The van der Waals surface area contributed by atoms with Crippen molar-refractivity contribution < 1.29 is 5.11 Å². The third kappa shape index (κ3) is 2.82. The van der Waals surface area contributed by atoms with E-state index >= 15 is 0 Å². The minimum atomic E-state index is -0.193. The highest BCUT2D eigenvalue weighted by atomic mass is 35.5. The Morgan fingerprint density at radius 2 is 2.13 bits per heavy atom. The summed E-state index contributed by atoms with van der Waals surface area (Å²) in [6.45, 7) is 0. The van der Waals surface area contributed by atoms with E-state index in [0.717, 1.165) is 23.5 Å². The van der Waals surface area contributed by atoms with Gasteiger partial charge < -0.3 is 5.11 Å². The van der Waals surface area contributed by atoms with Gasteiger partial charge in [-0.2, -0.15) is 11.8 Å². The fraction of sp³-hybridized carbons (Fsp3) is 0.455. The molecule has 0 aliphatic carbocycles. The quantitative estimate of drug-likeness (QED) is 0.883. The van der Waals surface area contributed by atoms with Gasteiger partial charge in [0.1, 0.15) is 0 Å². The first-order valence-corrected chi connectivity index (χ1v) is 6.77. The predicted octanol–water partition coefficient (Wildman–Crippen LogP) is 3.26. The van der Waals surface area contributed by atoms with Crippen molar-refractivity contribution in [3.8, 4) is 0 Å². The average molecular weight is 263 g/mol. The second kappa shape index (κ2) is 4.96. The van der Waals surface area contributed by atoms with Crippen molar-refractivity contribution in [2.75, 3.05) is 11.5 Å². The van der Waals surface area contributed by atoms with Crippen LogP contribution in [0.25, 0.3) is 0 Å². The van der Waals surface area contributed by atoms with Crippen molar-refractivity contribution in [3.63, 3.8) is 0 Å². The lowest BCUT2D eigenvalue weighted by Crippen LogP contribution is -2.20. The molecule has 1 N–H and O–H groups in total. The van der Waals surface area contributed by atoms with E-state index in [-0.39, 0.29) is 6.10 Å². The van der Waals surface area contributed by atoms with Crippen molar-refractivity contribution in [2.45, 2.75) is 12.5 Å². The maximum absolute atomic E-state index is 9.71. The van der Waals surface area contributed by atoms with Crippen molar-refractivity contribution in [1.82, 2.24) is 0 Å². The molecule has 82 valence electrons. The van der Waals surface area contributed by atoms with E-state index in [1.54, 1.807) is 17.8 Å². The molecule has 2 unspecified atom stereocenters. The molecule has 0 bridgehead atoms. The van der Waals surface area contributed by atoms with E-state index in [0.29, 0.717) is 16.0 Å². The minimum absolute atomic E-state index is 0.193. The lowest BCUT2D eigenvalue weighted by molar-refractivity contribution is 0.150. The summed E-state index contributed by atoms with van der Waals surface area (Å²) in [7, 11) is 0. The first-order valence-electron chi connectivity index (χ1n) is 4.86. The number of hydrogen-bond donors (Lipinski definition) is 1. The highest BCUT2D eigenvalue weighted by Gasteiger charge is 2.26. The Morgan fingerprint density at radius 1 is 1.33 bits per heavy atom. The van der Waals surface area contributed by atoms with Crippen LogP contribution in [0.4, 0.5) is 0 Å². The van der Waals surface area contributed by atoms with Crippen molar-refractivity contribution >= 4 is 35.0 Å². The molecule has 1 fully saturated rings. The van der Waals surface area contributed by atoms with Gasteiger partial charge in [-0.1, -0.05) is 29.3 Å². The summed E-state index contributed by atoms with van der Waals surface area (Å²) in [5.74, 6) is 2.18. The van der Waals surface area contributed by atoms with Crippen LogP contribution in [0.5, 0.6) is 0 Å². The summed E-state index contributed by atoms with van der Waals surface area (Å²) in [6, 6.07) is 5.55. The van der Waals surface area contributed by atoms with Gasteiger partial charge >= 0.3 is 0 Å². The van der Waals surface area contributed by atoms with Crippen LogP contribution in [-0.2, 0) is 6.42 Å². The van der Waals surface area contributed by atoms with Crippen molar-refractivity contribution in [3.05, 3.63) is 33.8 Å². The fourth-order valence-electron chi connectivity index (χ4n) is 1.75. The van der Waals surface area contributed by atoms with Crippen LogP contribution in [-0.4, -0.2) is 22.7 Å². The van der Waals surface area contributed by atoms with E-state index in [2.05, 4.69) is 0 Å². The summed E-state index contributed by atoms with van der Waals surface area (Å²) in [6.07, 6.45) is 0.645. The van der Waals surface area contributed by atoms with Gasteiger partial charge in [-0.05, 0) is 35.8 Å². The molecule has 2 atom stereocenters. The third-order valence-corrected chi connectivity index (χ3v) is 4.49. The Bertz CT molecular complexity index is 356. The smallest absolute Gasteiger partial charge is 0.0669 e. The third-order valence-electron chi connectivity index (χ3n) is 2.66. The maximum Gasteiger partial charge on any atom is 0.0669 e. The largest absolute Gasteiger partial charge is 0.392 e. The minimum Gasteiger partial charge on any atom is -0.392 e. The Labute approximate surface area is 104 Å². The zero-order valence-electron chi connectivity index (χ0n) is 8.12. The average Bonchev–Trinajstić information content (AvgIpc) is 2.57. The van der Waals surface area contributed by atoms with Gasteiger partial charge in [-0.15, -0.1) is 0 Å². The highest BCUT2D eigenvalue weighted by Crippen LogP contribution is 2.30. The first kappa shape index (κ1) is 11.6. The standard InChI is InChI=1S/C11H12Cl2OS/c12-9-2-1-7(10(13)4-9)3-8-5-15-6-11(8)14/h1-2,4,8,11,14H,3,5-6H2. The molecule has 1 aromatic carbocycles. The molecule has 0 aromatic heterocycles. The molecule has 1 aliphatic rings. The molecule has 4 heteroatoms. The summed E-state index contributed by atoms with van der Waals surface area (Å²) in [5.41, 5.74) is 1.08. The van der Waals surface area contributed by atoms with Gasteiger partial charge in [0.05, 0.1) is 6.10 Å². The van der Waals surface area contributed by atoms with Crippen LogP contribution in [0, 0.1) is 5.92 Å². The number of hydrogen-bond acceptors (Lipinski definition) is 2. The normalized spacial score (nSPS) is 25.8. The topological polar surface area (TPSA) is 20.2 Å². The van der Waals surface area contributed by atoms with Gasteiger partial charge in [0.15, 0.2) is 0 Å².